The molecule has 1 N–H and O–H groups in total. The van der Waals surface area contributed by atoms with Crippen LogP contribution in [0.25, 0.3) is 11.5 Å². The summed E-state index contributed by atoms with van der Waals surface area (Å²) in [6.07, 6.45) is -3.06. The molecule has 0 unspecified atom stereocenters. The van der Waals surface area contributed by atoms with Crippen LogP contribution in [0.4, 0.5) is 18.0 Å². The van der Waals surface area contributed by atoms with Crippen molar-refractivity contribution in [1.82, 2.24) is 20.4 Å². The van der Waals surface area contributed by atoms with Gasteiger partial charge in [0, 0.05) is 30.6 Å². The Kier molecular flexibility index (Phi) is 6.69. The van der Waals surface area contributed by atoms with Crippen molar-refractivity contribution in [2.45, 2.75) is 31.0 Å². The zero-order chi connectivity index (χ0) is 25.9. The van der Waals surface area contributed by atoms with Crippen LogP contribution in [0.1, 0.15) is 35.4 Å². The molecule has 1 aliphatic heterocycles. The molecule has 0 radical (unpaired) electrons. The molecule has 1 aromatic heterocycles. The Morgan fingerprint density at radius 3 is 1.95 bits per heavy atom. The van der Waals surface area contributed by atoms with Gasteiger partial charge in [-0.15, -0.1) is 10.2 Å². The number of hydrogen-bond acceptors (Lipinski definition) is 4. The maximum Gasteiger partial charge on any atom is 0.470 e. The molecule has 37 heavy (non-hydrogen) atoms. The SMILES string of the molecule is O=C(NCc1ccc(-c2nnc(C(F)(F)F)o2)cc1)N1CCC(c2ccccc2)(c2ccccc2)CC1. The van der Waals surface area contributed by atoms with E-state index >= 15 is 0 Å². The van der Waals surface area contributed by atoms with Crippen molar-refractivity contribution in [1.29, 1.82) is 0 Å². The van der Waals surface area contributed by atoms with Gasteiger partial charge in [0.05, 0.1) is 0 Å². The van der Waals surface area contributed by atoms with Crippen molar-refractivity contribution in [3.63, 3.8) is 0 Å². The maximum atomic E-state index is 12.9. The fourth-order valence-electron chi connectivity index (χ4n) is 4.86. The minimum atomic E-state index is -4.69. The number of halogens is 3. The zero-order valence-corrected chi connectivity index (χ0v) is 19.9. The summed E-state index contributed by atoms with van der Waals surface area (Å²) in [5, 5.41) is 9.45. The summed E-state index contributed by atoms with van der Waals surface area (Å²) in [6.45, 7) is 1.52. The van der Waals surface area contributed by atoms with Gasteiger partial charge < -0.3 is 14.6 Å². The van der Waals surface area contributed by atoms with Gasteiger partial charge in [-0.1, -0.05) is 72.8 Å². The minimum Gasteiger partial charge on any atom is -0.413 e. The standard InChI is InChI=1S/C28H25F3N4O2/c29-28(30,31)25-34-33-24(37-25)21-13-11-20(12-14-21)19-32-26(36)35-17-15-27(16-18-35,22-7-3-1-4-8-22)23-9-5-2-6-10-23/h1-14H,15-19H2,(H,32,36). The van der Waals surface area contributed by atoms with Crippen LogP contribution < -0.4 is 5.32 Å². The highest BCUT2D eigenvalue weighted by atomic mass is 19.4. The van der Waals surface area contributed by atoms with Gasteiger partial charge in [0.2, 0.25) is 5.89 Å². The number of alkyl halides is 3. The summed E-state index contributed by atoms with van der Waals surface area (Å²) < 4.78 is 42.8. The Labute approximate surface area is 212 Å². The van der Waals surface area contributed by atoms with Crippen LogP contribution in [0, 0.1) is 0 Å². The Balaban J connectivity index is 1.20. The van der Waals surface area contributed by atoms with E-state index in [2.05, 4.69) is 64.0 Å². The van der Waals surface area contributed by atoms with E-state index in [1.807, 2.05) is 17.0 Å². The Hall–Kier alpha value is -4.14. The van der Waals surface area contributed by atoms with Gasteiger partial charge in [-0.3, -0.25) is 0 Å². The first kappa shape index (κ1) is 24.5. The van der Waals surface area contributed by atoms with E-state index in [9.17, 15) is 18.0 Å². The minimum absolute atomic E-state index is 0.143. The van der Waals surface area contributed by atoms with E-state index in [0.29, 0.717) is 18.7 Å². The highest BCUT2D eigenvalue weighted by molar-refractivity contribution is 5.74. The second-order valence-corrected chi connectivity index (χ2v) is 9.07. The van der Waals surface area contributed by atoms with Crippen LogP contribution in [0.3, 0.4) is 0 Å². The number of aromatic nitrogens is 2. The quantitative estimate of drug-likeness (QED) is 0.358. The molecule has 6 nitrogen and oxygen atoms in total. The number of amides is 2. The van der Waals surface area contributed by atoms with Crippen molar-refractivity contribution in [2.75, 3.05) is 13.1 Å². The fraction of sp³-hybridized carbons (Fsp3) is 0.250. The van der Waals surface area contributed by atoms with Gasteiger partial charge in [0.25, 0.3) is 0 Å². The van der Waals surface area contributed by atoms with Gasteiger partial charge in [-0.25, -0.2) is 4.79 Å². The number of benzene rings is 3. The lowest BCUT2D eigenvalue weighted by Gasteiger charge is -2.42. The molecule has 1 fully saturated rings. The number of carbonyl (C=O) groups is 1. The number of nitrogens with zero attached hydrogens (tertiary/aromatic N) is 3. The predicted octanol–water partition coefficient (Wildman–Crippen LogP) is 6.05. The summed E-state index contributed by atoms with van der Waals surface area (Å²) in [5.41, 5.74) is 3.53. The molecule has 1 saturated heterocycles. The van der Waals surface area contributed by atoms with Crippen LogP contribution in [0.15, 0.2) is 89.3 Å². The molecule has 9 heteroatoms. The van der Waals surface area contributed by atoms with Crippen LogP contribution in [-0.4, -0.2) is 34.2 Å². The van der Waals surface area contributed by atoms with Gasteiger partial charge in [-0.05, 0) is 41.7 Å². The molecular weight excluding hydrogens is 481 g/mol. The lowest BCUT2D eigenvalue weighted by molar-refractivity contribution is -0.156. The third kappa shape index (κ3) is 5.21. The maximum absolute atomic E-state index is 12.9. The molecule has 190 valence electrons. The van der Waals surface area contributed by atoms with Crippen LogP contribution in [0.5, 0.6) is 0 Å². The molecule has 5 rings (SSSR count). The molecule has 2 heterocycles. The number of hydrogen-bond donors (Lipinski definition) is 1. The van der Waals surface area contributed by atoms with E-state index in [1.54, 1.807) is 24.3 Å². The first-order valence-electron chi connectivity index (χ1n) is 12.0. The Morgan fingerprint density at radius 2 is 1.43 bits per heavy atom. The van der Waals surface area contributed by atoms with E-state index in [1.165, 1.54) is 11.1 Å². The molecule has 0 saturated carbocycles. The molecule has 0 bridgehead atoms. The normalized spacial score (nSPS) is 15.4. The summed E-state index contributed by atoms with van der Waals surface area (Å²) in [7, 11) is 0. The molecule has 4 aromatic rings. The van der Waals surface area contributed by atoms with Crippen molar-refractivity contribution in [3.05, 3.63) is 108 Å². The van der Waals surface area contributed by atoms with Gasteiger partial charge in [-0.2, -0.15) is 13.2 Å². The molecule has 2 amide bonds. The summed E-state index contributed by atoms with van der Waals surface area (Å²) in [4.78, 5) is 14.7. The third-order valence-corrected chi connectivity index (χ3v) is 6.87. The third-order valence-electron chi connectivity index (χ3n) is 6.87. The van der Waals surface area contributed by atoms with Gasteiger partial charge in [0.15, 0.2) is 0 Å². The van der Waals surface area contributed by atoms with Crippen molar-refractivity contribution in [2.24, 2.45) is 0 Å². The van der Waals surface area contributed by atoms with E-state index in [-0.39, 0.29) is 23.9 Å². The number of rotatable bonds is 5. The van der Waals surface area contributed by atoms with Crippen LogP contribution in [0.2, 0.25) is 0 Å². The van der Waals surface area contributed by atoms with Gasteiger partial charge >= 0.3 is 18.1 Å². The largest absolute Gasteiger partial charge is 0.470 e. The van der Waals surface area contributed by atoms with Crippen molar-refractivity contribution in [3.8, 4) is 11.5 Å². The summed E-state index contributed by atoms with van der Waals surface area (Å²) >= 11 is 0. The summed E-state index contributed by atoms with van der Waals surface area (Å²) in [5.74, 6) is -1.60. The van der Waals surface area contributed by atoms with Crippen molar-refractivity contribution < 1.29 is 22.4 Å². The first-order valence-corrected chi connectivity index (χ1v) is 12.0. The van der Waals surface area contributed by atoms with Crippen molar-refractivity contribution >= 4 is 6.03 Å². The van der Waals surface area contributed by atoms with E-state index in [0.717, 1.165) is 18.4 Å². The molecule has 0 aliphatic carbocycles. The molecule has 0 spiro atoms. The average Bonchev–Trinajstić information content (AvgIpc) is 3.44. The highest BCUT2D eigenvalue weighted by Gasteiger charge is 2.39. The van der Waals surface area contributed by atoms with E-state index in [4.69, 9.17) is 4.42 Å². The lowest BCUT2D eigenvalue weighted by atomic mass is 9.68. The number of piperidine rings is 1. The van der Waals surface area contributed by atoms with Crippen LogP contribution in [-0.2, 0) is 18.1 Å². The second-order valence-electron chi connectivity index (χ2n) is 9.07. The molecule has 0 atom stereocenters. The first-order chi connectivity index (χ1) is 17.8. The molecular formula is C28H25F3N4O2. The number of nitrogens with one attached hydrogen (secondary N) is 1. The van der Waals surface area contributed by atoms with E-state index < -0.39 is 12.1 Å². The smallest absolute Gasteiger partial charge is 0.413 e. The van der Waals surface area contributed by atoms with Crippen LogP contribution >= 0.6 is 0 Å². The molecule has 1 aliphatic rings. The predicted molar refractivity (Wildman–Crippen MR) is 131 cm³/mol. The monoisotopic (exact) mass is 506 g/mol. The number of likely N-dealkylation sites (tertiary alicyclic amines) is 1. The average molecular weight is 507 g/mol. The van der Waals surface area contributed by atoms with Gasteiger partial charge in [0.1, 0.15) is 0 Å². The Bertz CT molecular complexity index is 1290. The number of urea groups is 1. The lowest BCUT2D eigenvalue weighted by Crippen LogP contribution is -2.49. The second kappa shape index (κ2) is 10.1. The Morgan fingerprint density at radius 1 is 0.865 bits per heavy atom. The topological polar surface area (TPSA) is 71.3 Å². The molecule has 3 aromatic carbocycles. The highest BCUT2D eigenvalue weighted by Crippen LogP contribution is 2.41. The number of carbonyl (C=O) groups excluding carboxylic acids is 1. The fourth-order valence-corrected chi connectivity index (χ4v) is 4.86. The zero-order valence-electron chi connectivity index (χ0n) is 19.9. The summed E-state index contributed by atoms with van der Waals surface area (Å²) in [6, 6.07) is 27.3.